The first kappa shape index (κ1) is 14.8. The van der Waals surface area contributed by atoms with Crippen LogP contribution in [0.2, 0.25) is 0 Å². The van der Waals surface area contributed by atoms with Gasteiger partial charge in [-0.05, 0) is 40.0 Å². The SMILES string of the molecule is CCN(C(=O)N1CCCCC1CC(=O)O)C(C)C. The van der Waals surface area contributed by atoms with Crippen molar-refractivity contribution in [1.29, 1.82) is 0 Å². The van der Waals surface area contributed by atoms with Crippen LogP contribution in [0.3, 0.4) is 0 Å². The molecular weight excluding hydrogens is 232 g/mol. The Morgan fingerprint density at radius 3 is 2.56 bits per heavy atom. The van der Waals surface area contributed by atoms with Crippen LogP contribution in [-0.4, -0.2) is 52.1 Å². The number of urea groups is 1. The molecule has 1 aliphatic heterocycles. The summed E-state index contributed by atoms with van der Waals surface area (Å²) in [5.41, 5.74) is 0. The molecule has 0 aromatic heterocycles. The highest BCUT2D eigenvalue weighted by Gasteiger charge is 2.31. The summed E-state index contributed by atoms with van der Waals surface area (Å²) in [5, 5.41) is 8.92. The summed E-state index contributed by atoms with van der Waals surface area (Å²) in [4.78, 5) is 26.8. The molecule has 104 valence electrons. The summed E-state index contributed by atoms with van der Waals surface area (Å²) < 4.78 is 0. The lowest BCUT2D eigenvalue weighted by Crippen LogP contribution is -2.52. The fourth-order valence-electron chi connectivity index (χ4n) is 2.55. The van der Waals surface area contributed by atoms with Gasteiger partial charge in [0.25, 0.3) is 0 Å². The molecule has 5 nitrogen and oxygen atoms in total. The van der Waals surface area contributed by atoms with Crippen LogP contribution < -0.4 is 0 Å². The van der Waals surface area contributed by atoms with Crippen molar-refractivity contribution >= 4 is 12.0 Å². The Bertz CT molecular complexity index is 305. The maximum Gasteiger partial charge on any atom is 0.320 e. The number of likely N-dealkylation sites (tertiary alicyclic amines) is 1. The molecule has 5 heteroatoms. The Morgan fingerprint density at radius 2 is 2.06 bits per heavy atom. The maximum absolute atomic E-state index is 12.4. The van der Waals surface area contributed by atoms with Crippen molar-refractivity contribution in [3.8, 4) is 0 Å². The molecule has 0 radical (unpaired) electrons. The molecule has 0 saturated carbocycles. The molecule has 1 N–H and O–H groups in total. The first-order chi connectivity index (χ1) is 8.47. The summed E-state index contributed by atoms with van der Waals surface area (Å²) >= 11 is 0. The molecule has 0 spiro atoms. The second kappa shape index (κ2) is 6.61. The predicted octanol–water partition coefficient (Wildman–Crippen LogP) is 2.17. The van der Waals surface area contributed by atoms with Gasteiger partial charge in [0.05, 0.1) is 6.42 Å². The zero-order valence-corrected chi connectivity index (χ0v) is 11.6. The van der Waals surface area contributed by atoms with Crippen molar-refractivity contribution in [3.63, 3.8) is 0 Å². The fourth-order valence-corrected chi connectivity index (χ4v) is 2.55. The summed E-state index contributed by atoms with van der Waals surface area (Å²) in [6.45, 7) is 7.26. The number of carboxylic acid groups (broad SMARTS) is 1. The minimum Gasteiger partial charge on any atom is -0.481 e. The molecule has 1 rings (SSSR count). The van der Waals surface area contributed by atoms with Crippen molar-refractivity contribution in [2.24, 2.45) is 0 Å². The van der Waals surface area contributed by atoms with E-state index >= 15 is 0 Å². The van der Waals surface area contributed by atoms with Gasteiger partial charge in [-0.2, -0.15) is 0 Å². The van der Waals surface area contributed by atoms with Crippen LogP contribution in [0.1, 0.15) is 46.5 Å². The van der Waals surface area contributed by atoms with E-state index < -0.39 is 5.97 Å². The highest BCUT2D eigenvalue weighted by molar-refractivity contribution is 5.76. The van der Waals surface area contributed by atoms with Crippen LogP contribution in [0, 0.1) is 0 Å². The lowest BCUT2D eigenvalue weighted by Gasteiger charge is -2.39. The van der Waals surface area contributed by atoms with Gasteiger partial charge in [-0.1, -0.05) is 0 Å². The number of amides is 2. The maximum atomic E-state index is 12.4. The molecule has 2 amide bonds. The Labute approximate surface area is 109 Å². The Hall–Kier alpha value is -1.26. The van der Waals surface area contributed by atoms with E-state index in [2.05, 4.69) is 0 Å². The van der Waals surface area contributed by atoms with E-state index in [9.17, 15) is 9.59 Å². The third kappa shape index (κ3) is 3.62. The third-order valence-corrected chi connectivity index (χ3v) is 3.49. The molecule has 0 aromatic rings. The summed E-state index contributed by atoms with van der Waals surface area (Å²) in [6.07, 6.45) is 2.84. The number of rotatable bonds is 4. The first-order valence-electron chi connectivity index (χ1n) is 6.76. The molecule has 1 saturated heterocycles. The Morgan fingerprint density at radius 1 is 1.39 bits per heavy atom. The number of hydrogen-bond acceptors (Lipinski definition) is 2. The molecule has 18 heavy (non-hydrogen) atoms. The first-order valence-corrected chi connectivity index (χ1v) is 6.76. The Kier molecular flexibility index (Phi) is 5.44. The largest absolute Gasteiger partial charge is 0.481 e. The molecule has 0 aromatic carbocycles. The van der Waals surface area contributed by atoms with Crippen LogP contribution >= 0.6 is 0 Å². The van der Waals surface area contributed by atoms with Gasteiger partial charge in [-0.25, -0.2) is 4.79 Å². The van der Waals surface area contributed by atoms with Crippen molar-refractivity contribution < 1.29 is 14.7 Å². The van der Waals surface area contributed by atoms with Crippen molar-refractivity contribution in [2.75, 3.05) is 13.1 Å². The molecule has 0 bridgehead atoms. The van der Waals surface area contributed by atoms with E-state index in [0.717, 1.165) is 19.3 Å². The topological polar surface area (TPSA) is 60.9 Å². The number of hydrogen-bond donors (Lipinski definition) is 1. The Balaban J connectivity index is 2.75. The zero-order chi connectivity index (χ0) is 13.7. The van der Waals surface area contributed by atoms with Gasteiger partial charge >= 0.3 is 12.0 Å². The smallest absolute Gasteiger partial charge is 0.320 e. The lowest BCUT2D eigenvalue weighted by molar-refractivity contribution is -0.138. The zero-order valence-electron chi connectivity index (χ0n) is 11.6. The number of carbonyl (C=O) groups excluding carboxylic acids is 1. The molecule has 1 atom stereocenters. The minimum absolute atomic E-state index is 0.0153. The van der Waals surface area contributed by atoms with Gasteiger partial charge in [0, 0.05) is 25.2 Å². The van der Waals surface area contributed by atoms with Gasteiger partial charge in [-0.3, -0.25) is 4.79 Å². The highest BCUT2D eigenvalue weighted by Crippen LogP contribution is 2.21. The number of carboxylic acids is 1. The van der Waals surface area contributed by atoms with Gasteiger partial charge in [0.1, 0.15) is 0 Å². The van der Waals surface area contributed by atoms with Crippen molar-refractivity contribution in [3.05, 3.63) is 0 Å². The quantitative estimate of drug-likeness (QED) is 0.838. The second-order valence-electron chi connectivity index (χ2n) is 5.10. The number of aliphatic carboxylic acids is 1. The van der Waals surface area contributed by atoms with Gasteiger partial charge in [0.15, 0.2) is 0 Å². The molecule has 0 aliphatic carbocycles. The van der Waals surface area contributed by atoms with Gasteiger partial charge in [0.2, 0.25) is 0 Å². The van der Waals surface area contributed by atoms with E-state index in [1.165, 1.54) is 0 Å². The third-order valence-electron chi connectivity index (χ3n) is 3.49. The fraction of sp³-hybridized carbons (Fsp3) is 0.846. The van der Waals surface area contributed by atoms with Crippen LogP contribution in [0.4, 0.5) is 4.79 Å². The van der Waals surface area contributed by atoms with Crippen LogP contribution in [0.15, 0.2) is 0 Å². The minimum atomic E-state index is -0.827. The standard InChI is InChI=1S/C13H24N2O3/c1-4-14(10(2)3)13(18)15-8-6-5-7-11(15)9-12(16)17/h10-11H,4-9H2,1-3H3,(H,16,17). The van der Waals surface area contributed by atoms with E-state index in [0.29, 0.717) is 13.1 Å². The number of nitrogens with zero attached hydrogens (tertiary/aromatic N) is 2. The van der Waals surface area contributed by atoms with Crippen LogP contribution in [-0.2, 0) is 4.79 Å². The highest BCUT2D eigenvalue weighted by atomic mass is 16.4. The molecule has 1 fully saturated rings. The van der Waals surface area contributed by atoms with E-state index in [1.54, 1.807) is 9.80 Å². The van der Waals surface area contributed by atoms with Crippen molar-refractivity contribution in [1.82, 2.24) is 9.80 Å². The average Bonchev–Trinajstić information content (AvgIpc) is 2.29. The van der Waals surface area contributed by atoms with Crippen molar-refractivity contribution in [2.45, 2.75) is 58.5 Å². The monoisotopic (exact) mass is 256 g/mol. The molecule has 1 heterocycles. The summed E-state index contributed by atoms with van der Waals surface area (Å²) in [6, 6.07) is -0.00935. The second-order valence-corrected chi connectivity index (χ2v) is 5.10. The van der Waals surface area contributed by atoms with Gasteiger partial charge < -0.3 is 14.9 Å². The molecular formula is C13H24N2O3. The number of piperidine rings is 1. The lowest BCUT2D eigenvalue weighted by atomic mass is 10.00. The van der Waals surface area contributed by atoms with Crippen LogP contribution in [0.25, 0.3) is 0 Å². The van der Waals surface area contributed by atoms with E-state index in [1.807, 2.05) is 20.8 Å². The summed E-state index contributed by atoms with van der Waals surface area (Å²) in [5.74, 6) is -0.827. The van der Waals surface area contributed by atoms with Gasteiger partial charge in [-0.15, -0.1) is 0 Å². The average molecular weight is 256 g/mol. The molecule has 1 aliphatic rings. The van der Waals surface area contributed by atoms with Crippen LogP contribution in [0.5, 0.6) is 0 Å². The van der Waals surface area contributed by atoms with E-state index in [4.69, 9.17) is 5.11 Å². The van der Waals surface area contributed by atoms with E-state index in [-0.39, 0.29) is 24.5 Å². The predicted molar refractivity (Wildman–Crippen MR) is 69.5 cm³/mol. The summed E-state index contributed by atoms with van der Waals surface area (Å²) in [7, 11) is 0. The normalized spacial score (nSPS) is 20.0. The molecule has 1 unspecified atom stereocenters. The number of carbonyl (C=O) groups is 2.